The molecule has 0 aliphatic carbocycles. The largest absolute Gasteiger partial charge is 0.481 e. The van der Waals surface area contributed by atoms with Gasteiger partial charge in [0.1, 0.15) is 0 Å². The minimum atomic E-state index is -1.79. The van der Waals surface area contributed by atoms with Crippen molar-refractivity contribution >= 4 is 11.9 Å². The molecule has 0 aliphatic heterocycles. The molecular weight excluding hydrogens is 230 g/mol. The molecule has 17 heavy (non-hydrogen) atoms. The first-order chi connectivity index (χ1) is 7.88. The zero-order chi connectivity index (χ0) is 13.8. The second-order valence-corrected chi connectivity index (χ2v) is 3.20. The van der Waals surface area contributed by atoms with Crippen LogP contribution >= 0.6 is 0 Å². The highest BCUT2D eigenvalue weighted by Gasteiger charge is 2.16. The van der Waals surface area contributed by atoms with Gasteiger partial charge in [0.2, 0.25) is 0 Å². The number of carbonyl (C=O) groups is 2. The fourth-order valence-electron chi connectivity index (χ4n) is 0.934. The molecule has 1 unspecified atom stereocenters. The monoisotopic (exact) mass is 251 g/mol. The molecule has 0 spiro atoms. The van der Waals surface area contributed by atoms with Crippen LogP contribution in [0.2, 0.25) is 0 Å². The minimum absolute atomic E-state index is 0.279. The van der Waals surface area contributed by atoms with E-state index in [0.717, 1.165) is 19.6 Å². The van der Waals surface area contributed by atoms with Gasteiger partial charge in [-0.15, -0.1) is 0 Å². The van der Waals surface area contributed by atoms with Crippen LogP contribution < -0.4 is 0 Å². The van der Waals surface area contributed by atoms with Crippen LogP contribution in [0.3, 0.4) is 0 Å². The van der Waals surface area contributed by atoms with E-state index in [2.05, 4.69) is 18.7 Å². The summed E-state index contributed by atoms with van der Waals surface area (Å²) in [4.78, 5) is 21.6. The zero-order valence-electron chi connectivity index (χ0n) is 10.2. The Morgan fingerprint density at radius 1 is 1.18 bits per heavy atom. The van der Waals surface area contributed by atoms with Crippen molar-refractivity contribution < 1.29 is 30.0 Å². The fraction of sp³-hybridized carbons (Fsp3) is 0.800. The molecule has 0 aliphatic rings. The number of rotatable bonds is 7. The van der Waals surface area contributed by atoms with Crippen LogP contribution in [0.25, 0.3) is 0 Å². The van der Waals surface area contributed by atoms with E-state index < -0.39 is 24.5 Å². The average molecular weight is 251 g/mol. The van der Waals surface area contributed by atoms with Gasteiger partial charge in [0, 0.05) is 6.54 Å². The van der Waals surface area contributed by atoms with E-state index in [9.17, 15) is 9.59 Å². The Balaban J connectivity index is 0. The Hall–Kier alpha value is -1.18. The van der Waals surface area contributed by atoms with Crippen molar-refractivity contribution in [2.45, 2.75) is 26.4 Å². The summed E-state index contributed by atoms with van der Waals surface area (Å²) in [5, 5.41) is 32.6. The van der Waals surface area contributed by atoms with Crippen molar-refractivity contribution in [3.63, 3.8) is 0 Å². The molecule has 7 heteroatoms. The van der Waals surface area contributed by atoms with E-state index >= 15 is 0 Å². The molecule has 0 aromatic heterocycles. The van der Waals surface area contributed by atoms with E-state index in [-0.39, 0.29) is 6.61 Å². The van der Waals surface area contributed by atoms with Gasteiger partial charge in [-0.25, -0.2) is 4.79 Å². The predicted octanol–water partition coefficient (Wildman–Crippen LogP) is -0.773. The summed E-state index contributed by atoms with van der Waals surface area (Å²) in [5.41, 5.74) is 0. The molecule has 0 rings (SSSR count). The number of aliphatic hydroxyl groups excluding tert-OH is 2. The Morgan fingerprint density at radius 3 is 1.76 bits per heavy atom. The zero-order valence-corrected chi connectivity index (χ0v) is 10.2. The van der Waals surface area contributed by atoms with Gasteiger partial charge in [-0.2, -0.15) is 0 Å². The molecule has 0 bridgehead atoms. The summed E-state index contributed by atoms with van der Waals surface area (Å²) in [6, 6.07) is 0. The summed E-state index contributed by atoms with van der Waals surface area (Å²) in [6.45, 7) is 7.36. The van der Waals surface area contributed by atoms with Crippen LogP contribution in [0.5, 0.6) is 0 Å². The first-order valence-corrected chi connectivity index (χ1v) is 5.34. The van der Waals surface area contributed by atoms with Crippen LogP contribution in [0.4, 0.5) is 0 Å². The van der Waals surface area contributed by atoms with Crippen molar-refractivity contribution in [2.24, 2.45) is 0 Å². The van der Waals surface area contributed by atoms with E-state index in [1.807, 2.05) is 0 Å². The lowest BCUT2D eigenvalue weighted by atomic mass is 10.3. The van der Waals surface area contributed by atoms with Gasteiger partial charge in [0.25, 0.3) is 0 Å². The van der Waals surface area contributed by atoms with Gasteiger partial charge in [-0.05, 0) is 13.1 Å². The Morgan fingerprint density at radius 2 is 1.65 bits per heavy atom. The predicted molar refractivity (Wildman–Crippen MR) is 60.8 cm³/mol. The molecule has 4 N–H and O–H groups in total. The number of nitrogens with zero attached hydrogens (tertiary/aromatic N) is 1. The molecule has 0 fully saturated rings. The van der Waals surface area contributed by atoms with Crippen LogP contribution in [0.1, 0.15) is 20.3 Å². The summed E-state index contributed by atoms with van der Waals surface area (Å²) in [5.74, 6) is -2.85. The normalized spacial score (nSPS) is 11.6. The van der Waals surface area contributed by atoms with Crippen molar-refractivity contribution in [3.8, 4) is 0 Å². The van der Waals surface area contributed by atoms with Gasteiger partial charge >= 0.3 is 11.9 Å². The SMILES string of the molecule is CCN(CC)CCO.O=C(O)CC(O)C(=O)O. The van der Waals surface area contributed by atoms with Crippen LogP contribution in [0, 0.1) is 0 Å². The molecule has 0 radical (unpaired) electrons. The second-order valence-electron chi connectivity index (χ2n) is 3.20. The van der Waals surface area contributed by atoms with Crippen LogP contribution in [0.15, 0.2) is 0 Å². The van der Waals surface area contributed by atoms with E-state index in [4.69, 9.17) is 20.4 Å². The number of carboxylic acids is 2. The highest BCUT2D eigenvalue weighted by molar-refractivity contribution is 5.79. The molecule has 0 aromatic rings. The van der Waals surface area contributed by atoms with Gasteiger partial charge < -0.3 is 25.3 Å². The summed E-state index contributed by atoms with van der Waals surface area (Å²) in [6.07, 6.45) is -2.54. The van der Waals surface area contributed by atoms with Gasteiger partial charge in [-0.3, -0.25) is 4.79 Å². The Kier molecular flexibility index (Phi) is 12.1. The van der Waals surface area contributed by atoms with Gasteiger partial charge in [0.15, 0.2) is 6.10 Å². The number of hydrogen-bond acceptors (Lipinski definition) is 5. The molecule has 0 saturated carbocycles. The molecule has 7 nitrogen and oxygen atoms in total. The van der Waals surface area contributed by atoms with Gasteiger partial charge in [-0.1, -0.05) is 13.8 Å². The average Bonchev–Trinajstić information content (AvgIpc) is 2.25. The maximum Gasteiger partial charge on any atom is 0.333 e. The second kappa shape index (κ2) is 11.3. The highest BCUT2D eigenvalue weighted by atomic mass is 16.4. The third kappa shape index (κ3) is 12.8. The van der Waals surface area contributed by atoms with Crippen molar-refractivity contribution in [1.29, 1.82) is 0 Å². The standard InChI is InChI=1S/C6H15NO.C4H6O5/c1-3-7(4-2)5-6-8;5-2(4(8)9)1-3(6)7/h8H,3-6H2,1-2H3;2,5H,1H2,(H,6,7)(H,8,9). The van der Waals surface area contributed by atoms with E-state index in [1.165, 1.54) is 0 Å². The van der Waals surface area contributed by atoms with Crippen LogP contribution in [-0.4, -0.2) is 69.6 Å². The number of aliphatic hydroxyl groups is 2. The molecule has 0 heterocycles. The first kappa shape index (κ1) is 18.2. The Bertz CT molecular complexity index is 217. The van der Waals surface area contributed by atoms with Crippen molar-refractivity contribution in [1.82, 2.24) is 4.90 Å². The molecular formula is C10H21NO6. The molecule has 102 valence electrons. The van der Waals surface area contributed by atoms with Gasteiger partial charge in [0.05, 0.1) is 13.0 Å². The number of likely N-dealkylation sites (N-methyl/N-ethyl adjacent to an activating group) is 1. The number of carboxylic acid groups (broad SMARTS) is 2. The van der Waals surface area contributed by atoms with Crippen molar-refractivity contribution in [2.75, 3.05) is 26.2 Å². The summed E-state index contributed by atoms with van der Waals surface area (Å²) >= 11 is 0. The quantitative estimate of drug-likeness (QED) is 0.469. The maximum atomic E-state index is 9.72. The maximum absolute atomic E-state index is 9.72. The summed E-state index contributed by atoms with van der Waals surface area (Å²) < 4.78 is 0. The van der Waals surface area contributed by atoms with Crippen molar-refractivity contribution in [3.05, 3.63) is 0 Å². The fourth-order valence-corrected chi connectivity index (χ4v) is 0.934. The minimum Gasteiger partial charge on any atom is -0.481 e. The number of aliphatic carboxylic acids is 2. The lowest BCUT2D eigenvalue weighted by molar-refractivity contribution is -0.152. The topological polar surface area (TPSA) is 118 Å². The van der Waals surface area contributed by atoms with E-state index in [1.54, 1.807) is 0 Å². The summed E-state index contributed by atoms with van der Waals surface area (Å²) in [7, 11) is 0. The third-order valence-electron chi connectivity index (χ3n) is 1.96. The molecule has 1 atom stereocenters. The lowest BCUT2D eigenvalue weighted by Gasteiger charge is -2.15. The molecule has 0 saturated heterocycles. The van der Waals surface area contributed by atoms with E-state index in [0.29, 0.717) is 0 Å². The Labute approximate surface area is 100 Å². The molecule has 0 aromatic carbocycles. The molecule has 0 amide bonds. The first-order valence-electron chi connectivity index (χ1n) is 5.34. The number of hydrogen-bond donors (Lipinski definition) is 4. The highest BCUT2D eigenvalue weighted by Crippen LogP contribution is 1.89. The third-order valence-corrected chi connectivity index (χ3v) is 1.96. The smallest absolute Gasteiger partial charge is 0.333 e. The lowest BCUT2D eigenvalue weighted by Crippen LogP contribution is -2.25. The van der Waals surface area contributed by atoms with Crippen LogP contribution in [-0.2, 0) is 9.59 Å².